The van der Waals surface area contributed by atoms with Crippen LogP contribution in [0.4, 0.5) is 4.79 Å². The normalized spacial score (nSPS) is 14.9. The third-order valence-electron chi connectivity index (χ3n) is 2.50. The zero-order valence-corrected chi connectivity index (χ0v) is 12.5. The monoisotopic (exact) mass is 275 g/mol. The van der Waals surface area contributed by atoms with Gasteiger partial charge in [-0.05, 0) is 26.7 Å². The topological polar surface area (TPSA) is 84.9 Å². The molecule has 0 aliphatic carbocycles. The summed E-state index contributed by atoms with van der Waals surface area (Å²) in [5.41, 5.74) is -0.661. The predicted octanol–water partition coefficient (Wildman–Crippen LogP) is 2.03. The van der Waals surface area contributed by atoms with Crippen LogP contribution in [-0.4, -0.2) is 42.0 Å². The van der Waals surface area contributed by atoms with Gasteiger partial charge in [-0.15, -0.1) is 0 Å². The van der Waals surface area contributed by atoms with Gasteiger partial charge in [-0.3, -0.25) is 0 Å². The first-order chi connectivity index (χ1) is 8.56. The van der Waals surface area contributed by atoms with Crippen molar-refractivity contribution < 1.29 is 24.2 Å². The molecule has 0 radical (unpaired) electrons. The van der Waals surface area contributed by atoms with Crippen LogP contribution in [0.15, 0.2) is 0 Å². The standard InChI is InChI=1S/C13H25NO5/c1-8(2)10(18-6)7-9(11(15)16)14-12(17)19-13(3,4)5/h8-10H,7H2,1-6H3,(H,14,17)(H,15,16). The van der Waals surface area contributed by atoms with Gasteiger partial charge in [0, 0.05) is 13.5 Å². The van der Waals surface area contributed by atoms with Crippen LogP contribution in [0.5, 0.6) is 0 Å². The Morgan fingerprint density at radius 1 is 1.26 bits per heavy atom. The van der Waals surface area contributed by atoms with E-state index >= 15 is 0 Å². The average molecular weight is 275 g/mol. The quantitative estimate of drug-likeness (QED) is 0.774. The van der Waals surface area contributed by atoms with E-state index in [1.165, 1.54) is 7.11 Å². The number of hydrogen-bond acceptors (Lipinski definition) is 4. The lowest BCUT2D eigenvalue weighted by Gasteiger charge is -2.25. The lowest BCUT2D eigenvalue weighted by molar-refractivity contribution is -0.140. The lowest BCUT2D eigenvalue weighted by Crippen LogP contribution is -2.45. The van der Waals surface area contributed by atoms with Crippen LogP contribution in [0.1, 0.15) is 41.0 Å². The number of ether oxygens (including phenoxy) is 2. The van der Waals surface area contributed by atoms with Gasteiger partial charge in [0.15, 0.2) is 0 Å². The molecule has 0 aromatic rings. The van der Waals surface area contributed by atoms with Gasteiger partial charge in [0.1, 0.15) is 11.6 Å². The van der Waals surface area contributed by atoms with Crippen molar-refractivity contribution >= 4 is 12.1 Å². The van der Waals surface area contributed by atoms with E-state index in [0.29, 0.717) is 0 Å². The third kappa shape index (κ3) is 7.66. The molecular weight excluding hydrogens is 250 g/mol. The van der Waals surface area contributed by atoms with Crippen molar-refractivity contribution in [2.24, 2.45) is 5.92 Å². The van der Waals surface area contributed by atoms with Crippen molar-refractivity contribution in [1.29, 1.82) is 0 Å². The SMILES string of the molecule is COC(CC(NC(=O)OC(C)(C)C)C(=O)O)C(C)C. The van der Waals surface area contributed by atoms with Crippen molar-refractivity contribution in [3.63, 3.8) is 0 Å². The Kier molecular flexibility index (Phi) is 6.83. The summed E-state index contributed by atoms with van der Waals surface area (Å²) >= 11 is 0. The number of nitrogens with one attached hydrogen (secondary N) is 1. The largest absolute Gasteiger partial charge is 0.480 e. The first kappa shape index (κ1) is 17.7. The molecular formula is C13H25NO5. The summed E-state index contributed by atoms with van der Waals surface area (Å²) in [5.74, 6) is -0.944. The molecule has 0 aliphatic heterocycles. The van der Waals surface area contributed by atoms with Crippen LogP contribution in [-0.2, 0) is 14.3 Å². The molecule has 0 rings (SSSR count). The lowest BCUT2D eigenvalue weighted by atomic mass is 9.99. The Hall–Kier alpha value is -1.30. The molecule has 0 aliphatic rings. The maximum atomic E-state index is 11.6. The zero-order valence-electron chi connectivity index (χ0n) is 12.5. The fourth-order valence-corrected chi connectivity index (χ4v) is 1.54. The molecule has 0 saturated carbocycles. The van der Waals surface area contributed by atoms with Crippen LogP contribution < -0.4 is 5.32 Å². The van der Waals surface area contributed by atoms with Gasteiger partial charge < -0.3 is 19.9 Å². The summed E-state index contributed by atoms with van der Waals surface area (Å²) < 4.78 is 10.3. The molecule has 0 spiro atoms. The number of carbonyl (C=O) groups is 2. The van der Waals surface area contributed by atoms with Crippen LogP contribution in [0.25, 0.3) is 0 Å². The maximum Gasteiger partial charge on any atom is 0.408 e. The van der Waals surface area contributed by atoms with Crippen LogP contribution in [0, 0.1) is 5.92 Å². The Labute approximate surface area is 114 Å². The molecule has 0 aromatic carbocycles. The van der Waals surface area contributed by atoms with Gasteiger partial charge in [0.05, 0.1) is 6.10 Å². The van der Waals surface area contributed by atoms with Crippen LogP contribution in [0.3, 0.4) is 0 Å². The highest BCUT2D eigenvalue weighted by Gasteiger charge is 2.27. The van der Waals surface area contributed by atoms with Crippen LogP contribution >= 0.6 is 0 Å². The molecule has 6 nitrogen and oxygen atoms in total. The van der Waals surface area contributed by atoms with Gasteiger partial charge in [-0.25, -0.2) is 9.59 Å². The molecule has 0 aromatic heterocycles. The van der Waals surface area contributed by atoms with E-state index in [9.17, 15) is 9.59 Å². The third-order valence-corrected chi connectivity index (χ3v) is 2.50. The summed E-state index contributed by atoms with van der Waals surface area (Å²) in [4.78, 5) is 22.7. The number of hydrogen-bond donors (Lipinski definition) is 2. The van der Waals surface area contributed by atoms with E-state index in [1.807, 2.05) is 13.8 Å². The number of rotatable bonds is 6. The van der Waals surface area contributed by atoms with Gasteiger partial charge in [0.2, 0.25) is 0 Å². The van der Waals surface area contributed by atoms with Gasteiger partial charge in [0.25, 0.3) is 0 Å². The highest BCUT2D eigenvalue weighted by Crippen LogP contribution is 2.13. The fraction of sp³-hybridized carbons (Fsp3) is 0.846. The smallest absolute Gasteiger partial charge is 0.408 e. The minimum atomic E-state index is -1.10. The zero-order chi connectivity index (χ0) is 15.2. The summed E-state index contributed by atoms with van der Waals surface area (Å²) in [6, 6.07) is -1.03. The van der Waals surface area contributed by atoms with Crippen molar-refractivity contribution in [2.45, 2.75) is 58.8 Å². The predicted molar refractivity (Wildman–Crippen MR) is 71.0 cm³/mol. The molecule has 6 heteroatoms. The van der Waals surface area contributed by atoms with Crippen LogP contribution in [0.2, 0.25) is 0 Å². The van der Waals surface area contributed by atoms with Crippen molar-refractivity contribution in [1.82, 2.24) is 5.32 Å². The minimum absolute atomic E-state index is 0.160. The number of amides is 1. The fourth-order valence-electron chi connectivity index (χ4n) is 1.54. The van der Waals surface area contributed by atoms with E-state index in [4.69, 9.17) is 14.6 Å². The first-order valence-corrected chi connectivity index (χ1v) is 6.32. The second kappa shape index (κ2) is 7.33. The Morgan fingerprint density at radius 2 is 1.79 bits per heavy atom. The molecule has 2 atom stereocenters. The average Bonchev–Trinajstić information content (AvgIpc) is 2.20. The summed E-state index contributed by atoms with van der Waals surface area (Å²) in [6.07, 6.45) is -0.780. The highest BCUT2D eigenvalue weighted by molar-refractivity contribution is 5.80. The molecule has 112 valence electrons. The number of carbonyl (C=O) groups excluding carboxylic acids is 1. The van der Waals surface area contributed by atoms with E-state index in [1.54, 1.807) is 20.8 Å². The van der Waals surface area contributed by atoms with Crippen molar-refractivity contribution in [3.8, 4) is 0 Å². The van der Waals surface area contributed by atoms with E-state index in [-0.39, 0.29) is 18.4 Å². The molecule has 19 heavy (non-hydrogen) atoms. The first-order valence-electron chi connectivity index (χ1n) is 6.32. The molecule has 0 fully saturated rings. The summed E-state index contributed by atoms with van der Waals surface area (Å²) in [5, 5.41) is 11.5. The van der Waals surface area contributed by atoms with Gasteiger partial charge in [-0.1, -0.05) is 13.8 Å². The number of aliphatic carboxylic acids is 1. The molecule has 2 N–H and O–H groups in total. The van der Waals surface area contributed by atoms with Crippen molar-refractivity contribution in [2.75, 3.05) is 7.11 Å². The molecule has 2 unspecified atom stereocenters. The summed E-state index contributed by atoms with van der Waals surface area (Å²) in [7, 11) is 1.52. The Morgan fingerprint density at radius 3 is 2.11 bits per heavy atom. The van der Waals surface area contributed by atoms with Gasteiger partial charge in [-0.2, -0.15) is 0 Å². The number of carboxylic acids is 1. The number of carboxylic acid groups (broad SMARTS) is 1. The van der Waals surface area contributed by atoms with E-state index in [2.05, 4.69) is 5.32 Å². The maximum absolute atomic E-state index is 11.6. The minimum Gasteiger partial charge on any atom is -0.480 e. The van der Waals surface area contributed by atoms with Gasteiger partial charge >= 0.3 is 12.1 Å². The Bertz CT molecular complexity index is 309. The number of methoxy groups -OCH3 is 1. The number of alkyl carbamates (subject to hydrolysis) is 1. The van der Waals surface area contributed by atoms with Crippen molar-refractivity contribution in [3.05, 3.63) is 0 Å². The van der Waals surface area contributed by atoms with E-state index < -0.39 is 23.7 Å². The highest BCUT2D eigenvalue weighted by atomic mass is 16.6. The second-order valence-corrected chi connectivity index (χ2v) is 5.79. The molecule has 0 bridgehead atoms. The Balaban J connectivity index is 4.58. The molecule has 0 saturated heterocycles. The molecule has 0 heterocycles. The molecule has 1 amide bonds. The second-order valence-electron chi connectivity index (χ2n) is 5.79. The van der Waals surface area contributed by atoms with E-state index in [0.717, 1.165) is 0 Å². The summed E-state index contributed by atoms with van der Waals surface area (Å²) in [6.45, 7) is 9.01.